The molecule has 0 fully saturated rings. The molecule has 4 nitrogen and oxygen atoms in total. The van der Waals surface area contributed by atoms with Gasteiger partial charge in [0.2, 0.25) is 11.8 Å². The standard InChI is InChI=1S/C20H21ClN2O2/c1-13-12-14-6-4-5-7-17(14)23(13)19(25)20(2,3)18(24)22-16-10-8-15(21)9-11-16/h4-11,13H,12H2,1-3H3,(H,22,24). The number of nitrogens with zero attached hydrogens (tertiary/aromatic N) is 1. The summed E-state index contributed by atoms with van der Waals surface area (Å²) in [6.45, 7) is 5.33. The van der Waals surface area contributed by atoms with Gasteiger partial charge < -0.3 is 10.2 Å². The lowest BCUT2D eigenvalue weighted by Gasteiger charge is -2.31. The van der Waals surface area contributed by atoms with E-state index in [0.29, 0.717) is 10.7 Å². The van der Waals surface area contributed by atoms with E-state index in [1.54, 1.807) is 43.0 Å². The second-order valence-electron chi connectivity index (χ2n) is 6.94. The summed E-state index contributed by atoms with van der Waals surface area (Å²) in [5.41, 5.74) is 1.46. The second kappa shape index (κ2) is 6.52. The van der Waals surface area contributed by atoms with Crippen molar-refractivity contribution >= 4 is 34.8 Å². The average Bonchev–Trinajstić information content (AvgIpc) is 2.91. The molecule has 0 aliphatic carbocycles. The van der Waals surface area contributed by atoms with Crippen molar-refractivity contribution in [2.75, 3.05) is 10.2 Å². The minimum Gasteiger partial charge on any atom is -0.325 e. The zero-order valence-electron chi connectivity index (χ0n) is 14.5. The van der Waals surface area contributed by atoms with Gasteiger partial charge in [0.1, 0.15) is 5.41 Å². The van der Waals surface area contributed by atoms with Crippen molar-refractivity contribution in [1.82, 2.24) is 0 Å². The van der Waals surface area contributed by atoms with Crippen LogP contribution in [-0.2, 0) is 16.0 Å². The van der Waals surface area contributed by atoms with Gasteiger partial charge in [0.05, 0.1) is 0 Å². The number of carbonyl (C=O) groups excluding carboxylic acids is 2. The summed E-state index contributed by atoms with van der Waals surface area (Å²) < 4.78 is 0. The first-order chi connectivity index (χ1) is 11.8. The van der Waals surface area contributed by atoms with Gasteiger partial charge in [0.25, 0.3) is 0 Å². The fraction of sp³-hybridized carbons (Fsp3) is 0.300. The van der Waals surface area contributed by atoms with Crippen LogP contribution in [0.15, 0.2) is 48.5 Å². The molecule has 2 aromatic carbocycles. The Morgan fingerprint density at radius 3 is 2.44 bits per heavy atom. The third-order valence-corrected chi connectivity index (χ3v) is 4.88. The van der Waals surface area contributed by atoms with Crippen molar-refractivity contribution in [1.29, 1.82) is 0 Å². The number of anilines is 2. The average molecular weight is 357 g/mol. The first-order valence-electron chi connectivity index (χ1n) is 8.29. The molecule has 25 heavy (non-hydrogen) atoms. The fourth-order valence-electron chi connectivity index (χ4n) is 3.09. The zero-order valence-corrected chi connectivity index (χ0v) is 15.3. The zero-order chi connectivity index (χ0) is 18.2. The Kier molecular flexibility index (Phi) is 4.56. The summed E-state index contributed by atoms with van der Waals surface area (Å²) in [6, 6.07) is 14.7. The van der Waals surface area contributed by atoms with Crippen molar-refractivity contribution in [3.8, 4) is 0 Å². The van der Waals surface area contributed by atoms with Crippen molar-refractivity contribution in [3.63, 3.8) is 0 Å². The molecule has 0 aromatic heterocycles. The SMILES string of the molecule is CC1Cc2ccccc2N1C(=O)C(C)(C)C(=O)Nc1ccc(Cl)cc1. The predicted octanol–water partition coefficient (Wildman–Crippen LogP) is 4.28. The number of nitrogens with one attached hydrogen (secondary N) is 1. The van der Waals surface area contributed by atoms with Gasteiger partial charge in [-0.15, -0.1) is 0 Å². The summed E-state index contributed by atoms with van der Waals surface area (Å²) in [6.07, 6.45) is 0.802. The van der Waals surface area contributed by atoms with Gasteiger partial charge in [0, 0.05) is 22.4 Å². The van der Waals surface area contributed by atoms with Crippen LogP contribution in [0.2, 0.25) is 5.02 Å². The van der Waals surface area contributed by atoms with Crippen LogP contribution < -0.4 is 10.2 Å². The molecular formula is C20H21ClN2O2. The van der Waals surface area contributed by atoms with Crippen LogP contribution in [0.4, 0.5) is 11.4 Å². The van der Waals surface area contributed by atoms with Gasteiger partial charge in [-0.3, -0.25) is 9.59 Å². The maximum Gasteiger partial charge on any atom is 0.242 e. The summed E-state index contributed by atoms with van der Waals surface area (Å²) in [7, 11) is 0. The number of carbonyl (C=O) groups is 2. The van der Waals surface area contributed by atoms with Crippen molar-refractivity contribution < 1.29 is 9.59 Å². The third kappa shape index (κ3) is 3.27. The Morgan fingerprint density at radius 2 is 1.76 bits per heavy atom. The fourth-order valence-corrected chi connectivity index (χ4v) is 3.22. The summed E-state index contributed by atoms with van der Waals surface area (Å²) in [5.74, 6) is -0.534. The van der Waals surface area contributed by atoms with Crippen molar-refractivity contribution in [2.24, 2.45) is 5.41 Å². The number of para-hydroxylation sites is 1. The molecule has 0 bridgehead atoms. The Labute approximate surface area is 152 Å². The lowest BCUT2D eigenvalue weighted by Crippen LogP contribution is -2.49. The van der Waals surface area contributed by atoms with E-state index in [0.717, 1.165) is 17.7 Å². The van der Waals surface area contributed by atoms with Crippen LogP contribution in [0.1, 0.15) is 26.3 Å². The molecule has 0 radical (unpaired) electrons. The van der Waals surface area contributed by atoms with Crippen molar-refractivity contribution in [2.45, 2.75) is 33.2 Å². The molecule has 1 aliphatic heterocycles. The molecule has 1 N–H and O–H groups in total. The normalized spacial score (nSPS) is 16.5. The second-order valence-corrected chi connectivity index (χ2v) is 7.38. The Hall–Kier alpha value is -2.33. The number of amides is 2. The van der Waals surface area contributed by atoms with Crippen LogP contribution in [0.3, 0.4) is 0 Å². The van der Waals surface area contributed by atoms with Crippen LogP contribution in [0.25, 0.3) is 0 Å². The smallest absolute Gasteiger partial charge is 0.242 e. The molecule has 5 heteroatoms. The molecule has 130 valence electrons. The van der Waals surface area contributed by atoms with E-state index >= 15 is 0 Å². The van der Waals surface area contributed by atoms with Gasteiger partial charge in [-0.25, -0.2) is 0 Å². The highest BCUT2D eigenvalue weighted by Crippen LogP contribution is 2.35. The van der Waals surface area contributed by atoms with Gasteiger partial charge in [-0.2, -0.15) is 0 Å². The molecule has 3 rings (SSSR count). The van der Waals surface area contributed by atoms with Gasteiger partial charge >= 0.3 is 0 Å². The number of benzene rings is 2. The monoisotopic (exact) mass is 356 g/mol. The Morgan fingerprint density at radius 1 is 1.12 bits per heavy atom. The van der Waals surface area contributed by atoms with E-state index < -0.39 is 5.41 Å². The Bertz CT molecular complexity index is 815. The number of rotatable bonds is 3. The van der Waals surface area contributed by atoms with Crippen LogP contribution in [-0.4, -0.2) is 17.9 Å². The van der Waals surface area contributed by atoms with E-state index in [1.165, 1.54) is 0 Å². The minimum atomic E-state index is -1.19. The maximum absolute atomic E-state index is 13.2. The number of fused-ring (bicyclic) bond motifs is 1. The molecule has 1 heterocycles. The molecule has 1 atom stereocenters. The molecular weight excluding hydrogens is 336 g/mol. The van der Waals surface area contributed by atoms with E-state index in [9.17, 15) is 9.59 Å². The lowest BCUT2D eigenvalue weighted by molar-refractivity contribution is -0.136. The largest absolute Gasteiger partial charge is 0.325 e. The van der Waals surface area contributed by atoms with E-state index in [-0.39, 0.29) is 17.9 Å². The molecule has 2 aromatic rings. The Balaban J connectivity index is 1.82. The molecule has 1 unspecified atom stereocenters. The number of hydrogen-bond donors (Lipinski definition) is 1. The number of halogens is 1. The van der Waals surface area contributed by atoms with Crippen molar-refractivity contribution in [3.05, 3.63) is 59.1 Å². The topological polar surface area (TPSA) is 49.4 Å². The highest BCUT2D eigenvalue weighted by atomic mass is 35.5. The molecule has 0 spiro atoms. The third-order valence-electron chi connectivity index (χ3n) is 4.63. The number of hydrogen-bond acceptors (Lipinski definition) is 2. The summed E-state index contributed by atoms with van der Waals surface area (Å²) >= 11 is 5.87. The van der Waals surface area contributed by atoms with E-state index in [2.05, 4.69) is 5.32 Å². The highest BCUT2D eigenvalue weighted by molar-refractivity contribution is 6.30. The van der Waals surface area contributed by atoms with Crippen LogP contribution in [0, 0.1) is 5.41 Å². The summed E-state index contributed by atoms with van der Waals surface area (Å²) in [4.78, 5) is 27.7. The first-order valence-corrected chi connectivity index (χ1v) is 8.67. The van der Waals surface area contributed by atoms with Gasteiger partial charge in [-0.05, 0) is 63.1 Å². The minimum absolute atomic E-state index is 0.0347. The van der Waals surface area contributed by atoms with E-state index in [4.69, 9.17) is 11.6 Å². The van der Waals surface area contributed by atoms with Gasteiger partial charge in [0.15, 0.2) is 0 Å². The van der Waals surface area contributed by atoms with Crippen LogP contribution in [0.5, 0.6) is 0 Å². The summed E-state index contributed by atoms with van der Waals surface area (Å²) in [5, 5.41) is 3.40. The lowest BCUT2D eigenvalue weighted by atomic mass is 9.89. The highest BCUT2D eigenvalue weighted by Gasteiger charge is 2.43. The maximum atomic E-state index is 13.2. The quantitative estimate of drug-likeness (QED) is 0.834. The molecule has 0 saturated carbocycles. The van der Waals surface area contributed by atoms with Crippen LogP contribution >= 0.6 is 11.6 Å². The molecule has 2 amide bonds. The van der Waals surface area contributed by atoms with E-state index in [1.807, 2.05) is 31.2 Å². The predicted molar refractivity (Wildman–Crippen MR) is 101 cm³/mol. The first kappa shape index (κ1) is 17.5. The van der Waals surface area contributed by atoms with Gasteiger partial charge in [-0.1, -0.05) is 29.8 Å². The molecule has 0 saturated heterocycles. The molecule has 1 aliphatic rings.